The zero-order chi connectivity index (χ0) is 19.4. The van der Waals surface area contributed by atoms with Crippen molar-refractivity contribution in [3.05, 3.63) is 30.3 Å². The first kappa shape index (κ1) is 20.4. The van der Waals surface area contributed by atoms with Crippen LogP contribution in [0, 0.1) is 17.3 Å². The number of rotatable bonds is 5. The van der Waals surface area contributed by atoms with Gasteiger partial charge in [0.1, 0.15) is 5.60 Å². The molecule has 0 bridgehead atoms. The van der Waals surface area contributed by atoms with Crippen LogP contribution < -0.4 is 10.6 Å². The Bertz CT molecular complexity index is 618. The Labute approximate surface area is 156 Å². The van der Waals surface area contributed by atoms with Gasteiger partial charge in [-0.2, -0.15) is 0 Å². The number of carbonyl (C=O) groups is 2. The van der Waals surface area contributed by atoms with Crippen molar-refractivity contribution in [1.29, 1.82) is 0 Å². The number of piperidine rings is 1. The molecule has 3 atom stereocenters. The SMILES string of the molecule is CC(C(=O)Nc1ccccc1)C(C)(C(=O)OC(C)(C)C)C1CCCNC1. The highest BCUT2D eigenvalue weighted by molar-refractivity contribution is 5.96. The topological polar surface area (TPSA) is 67.4 Å². The number of amides is 1. The summed E-state index contributed by atoms with van der Waals surface area (Å²) in [6.07, 6.45) is 1.90. The summed E-state index contributed by atoms with van der Waals surface area (Å²) < 4.78 is 5.73. The van der Waals surface area contributed by atoms with E-state index in [0.29, 0.717) is 0 Å². The lowest BCUT2D eigenvalue weighted by Crippen LogP contribution is -2.52. The van der Waals surface area contributed by atoms with Crippen molar-refractivity contribution in [3.63, 3.8) is 0 Å². The minimum Gasteiger partial charge on any atom is -0.460 e. The third kappa shape index (κ3) is 4.85. The van der Waals surface area contributed by atoms with Crippen molar-refractivity contribution in [2.75, 3.05) is 18.4 Å². The Hall–Kier alpha value is -1.88. The van der Waals surface area contributed by atoms with Gasteiger partial charge in [0.15, 0.2) is 0 Å². The van der Waals surface area contributed by atoms with Crippen LogP contribution in [0.2, 0.25) is 0 Å². The van der Waals surface area contributed by atoms with E-state index in [2.05, 4.69) is 10.6 Å². The number of hydrogen-bond acceptors (Lipinski definition) is 4. The maximum Gasteiger partial charge on any atom is 0.313 e. The normalized spacial score (nSPS) is 21.3. The molecule has 26 heavy (non-hydrogen) atoms. The Kier molecular flexibility index (Phi) is 6.45. The number of para-hydroxylation sites is 1. The molecule has 0 aromatic heterocycles. The van der Waals surface area contributed by atoms with Crippen LogP contribution in [-0.2, 0) is 14.3 Å². The van der Waals surface area contributed by atoms with Gasteiger partial charge in [-0.15, -0.1) is 0 Å². The van der Waals surface area contributed by atoms with Gasteiger partial charge in [-0.3, -0.25) is 9.59 Å². The molecule has 1 fully saturated rings. The van der Waals surface area contributed by atoms with Crippen molar-refractivity contribution < 1.29 is 14.3 Å². The highest BCUT2D eigenvalue weighted by Gasteiger charge is 2.50. The van der Waals surface area contributed by atoms with Crippen LogP contribution in [0.1, 0.15) is 47.5 Å². The zero-order valence-electron chi connectivity index (χ0n) is 16.6. The molecule has 1 aliphatic heterocycles. The molecule has 1 amide bonds. The summed E-state index contributed by atoms with van der Waals surface area (Å²) in [7, 11) is 0. The quantitative estimate of drug-likeness (QED) is 0.787. The number of esters is 1. The van der Waals surface area contributed by atoms with E-state index in [4.69, 9.17) is 4.74 Å². The molecule has 1 saturated heterocycles. The van der Waals surface area contributed by atoms with Crippen molar-refractivity contribution in [3.8, 4) is 0 Å². The first-order valence-electron chi connectivity index (χ1n) is 9.44. The number of nitrogens with one attached hydrogen (secondary N) is 2. The highest BCUT2D eigenvalue weighted by atomic mass is 16.6. The predicted molar refractivity (Wildman–Crippen MR) is 104 cm³/mol. The number of anilines is 1. The van der Waals surface area contributed by atoms with Crippen LogP contribution in [-0.4, -0.2) is 30.6 Å². The van der Waals surface area contributed by atoms with E-state index < -0.39 is 16.9 Å². The first-order valence-corrected chi connectivity index (χ1v) is 9.44. The molecule has 0 spiro atoms. The van der Waals surface area contributed by atoms with Crippen molar-refractivity contribution in [1.82, 2.24) is 5.32 Å². The second-order valence-corrected chi connectivity index (χ2v) is 8.40. The van der Waals surface area contributed by atoms with Gasteiger partial charge in [0.2, 0.25) is 5.91 Å². The van der Waals surface area contributed by atoms with E-state index in [1.165, 1.54) is 0 Å². The van der Waals surface area contributed by atoms with Gasteiger partial charge in [0, 0.05) is 5.69 Å². The number of carbonyl (C=O) groups excluding carboxylic acids is 2. The average Bonchev–Trinajstić information content (AvgIpc) is 2.60. The number of hydrogen-bond donors (Lipinski definition) is 2. The van der Waals surface area contributed by atoms with E-state index in [0.717, 1.165) is 31.6 Å². The molecule has 2 rings (SSSR count). The average molecular weight is 360 g/mol. The molecule has 144 valence electrons. The monoisotopic (exact) mass is 360 g/mol. The van der Waals surface area contributed by atoms with Gasteiger partial charge in [-0.25, -0.2) is 0 Å². The van der Waals surface area contributed by atoms with Gasteiger partial charge >= 0.3 is 5.97 Å². The number of ether oxygens (including phenoxy) is 1. The lowest BCUT2D eigenvalue weighted by Gasteiger charge is -2.42. The summed E-state index contributed by atoms with van der Waals surface area (Å²) in [6, 6.07) is 9.34. The van der Waals surface area contributed by atoms with E-state index in [9.17, 15) is 9.59 Å². The third-order valence-electron chi connectivity index (χ3n) is 5.32. The smallest absolute Gasteiger partial charge is 0.313 e. The fourth-order valence-corrected chi connectivity index (χ4v) is 3.49. The fourth-order valence-electron chi connectivity index (χ4n) is 3.49. The Balaban J connectivity index is 2.26. The summed E-state index contributed by atoms with van der Waals surface area (Å²) in [4.78, 5) is 26.1. The standard InChI is InChI=1S/C21H32N2O3/c1-15(18(24)23-17-11-7-6-8-12-17)21(5,16-10-9-13-22-14-16)19(25)26-20(2,3)4/h6-8,11-12,15-16,22H,9-10,13-14H2,1-5H3,(H,23,24). The summed E-state index contributed by atoms with van der Waals surface area (Å²) in [5.74, 6) is -0.908. The fraction of sp³-hybridized carbons (Fsp3) is 0.619. The van der Waals surface area contributed by atoms with Crippen LogP contribution in [0.25, 0.3) is 0 Å². The molecule has 0 radical (unpaired) electrons. The van der Waals surface area contributed by atoms with Crippen LogP contribution in [0.4, 0.5) is 5.69 Å². The summed E-state index contributed by atoms with van der Waals surface area (Å²) >= 11 is 0. The van der Waals surface area contributed by atoms with Gasteiger partial charge in [0.05, 0.1) is 11.3 Å². The molecule has 1 aliphatic rings. The molecule has 0 saturated carbocycles. The maximum absolute atomic E-state index is 13.1. The Morgan fingerprint density at radius 1 is 1.19 bits per heavy atom. The van der Waals surface area contributed by atoms with E-state index in [1.807, 2.05) is 65.0 Å². The van der Waals surface area contributed by atoms with Crippen molar-refractivity contribution >= 4 is 17.6 Å². The van der Waals surface area contributed by atoms with Crippen LogP contribution >= 0.6 is 0 Å². The third-order valence-corrected chi connectivity index (χ3v) is 5.32. The van der Waals surface area contributed by atoms with E-state index in [1.54, 1.807) is 0 Å². The second kappa shape index (κ2) is 8.21. The molecule has 5 heteroatoms. The summed E-state index contributed by atoms with van der Waals surface area (Å²) in [5, 5.41) is 6.30. The van der Waals surface area contributed by atoms with E-state index >= 15 is 0 Å². The highest BCUT2D eigenvalue weighted by Crippen LogP contribution is 2.42. The van der Waals surface area contributed by atoms with Crippen molar-refractivity contribution in [2.45, 2.75) is 53.1 Å². The minimum absolute atomic E-state index is 0.0580. The predicted octanol–water partition coefficient (Wildman–Crippen LogP) is 3.61. The largest absolute Gasteiger partial charge is 0.460 e. The Morgan fingerprint density at radius 3 is 2.38 bits per heavy atom. The zero-order valence-corrected chi connectivity index (χ0v) is 16.6. The Morgan fingerprint density at radius 2 is 1.85 bits per heavy atom. The molecule has 3 unspecified atom stereocenters. The van der Waals surface area contributed by atoms with E-state index in [-0.39, 0.29) is 17.8 Å². The number of benzene rings is 1. The van der Waals surface area contributed by atoms with Crippen LogP contribution in [0.3, 0.4) is 0 Å². The maximum atomic E-state index is 13.1. The summed E-state index contributed by atoms with van der Waals surface area (Å²) in [5.41, 5.74) is -0.743. The lowest BCUT2D eigenvalue weighted by atomic mass is 9.65. The van der Waals surface area contributed by atoms with Gasteiger partial charge in [0.25, 0.3) is 0 Å². The molecule has 0 aliphatic carbocycles. The van der Waals surface area contributed by atoms with Crippen LogP contribution in [0.15, 0.2) is 30.3 Å². The van der Waals surface area contributed by atoms with Gasteiger partial charge < -0.3 is 15.4 Å². The van der Waals surface area contributed by atoms with Gasteiger partial charge in [-0.05, 0) is 71.7 Å². The first-order chi connectivity index (χ1) is 12.1. The molecule has 1 aromatic rings. The van der Waals surface area contributed by atoms with Gasteiger partial charge in [-0.1, -0.05) is 25.1 Å². The molecule has 2 N–H and O–H groups in total. The van der Waals surface area contributed by atoms with Crippen LogP contribution in [0.5, 0.6) is 0 Å². The molecule has 1 heterocycles. The minimum atomic E-state index is -0.889. The molecule has 5 nitrogen and oxygen atoms in total. The van der Waals surface area contributed by atoms with Crippen molar-refractivity contribution in [2.24, 2.45) is 17.3 Å². The summed E-state index contributed by atoms with van der Waals surface area (Å²) in [6.45, 7) is 11.0. The lowest BCUT2D eigenvalue weighted by molar-refractivity contribution is -0.176. The molecular formula is C21H32N2O3. The molecule has 1 aromatic carbocycles. The second-order valence-electron chi connectivity index (χ2n) is 8.40. The molecular weight excluding hydrogens is 328 g/mol.